The van der Waals surface area contributed by atoms with Crippen LogP contribution in [0.1, 0.15) is 40.5 Å². The molecule has 0 aliphatic heterocycles. The van der Waals surface area contributed by atoms with E-state index in [9.17, 15) is 9.90 Å². The molecule has 0 bridgehead atoms. The van der Waals surface area contributed by atoms with Crippen LogP contribution in [-0.2, 0) is 0 Å². The van der Waals surface area contributed by atoms with Gasteiger partial charge in [-0.05, 0) is 12.3 Å². The number of hydrogen-bond donors (Lipinski definition) is 3. The first-order chi connectivity index (χ1) is 6.87. The molecule has 0 radical (unpaired) electrons. The molecule has 3 N–H and O–H groups in total. The van der Waals surface area contributed by atoms with E-state index in [1.165, 1.54) is 0 Å². The number of carboxylic acid groups (broad SMARTS) is 1. The maximum Gasteiger partial charge on any atom is 0.404 e. The van der Waals surface area contributed by atoms with Gasteiger partial charge in [0.15, 0.2) is 0 Å². The number of carbonyl (C=O) groups is 1. The van der Waals surface area contributed by atoms with Crippen LogP contribution in [-0.4, -0.2) is 29.0 Å². The summed E-state index contributed by atoms with van der Waals surface area (Å²) < 4.78 is 0. The molecule has 4 nitrogen and oxygen atoms in total. The van der Waals surface area contributed by atoms with Crippen molar-refractivity contribution in [3.05, 3.63) is 0 Å². The van der Waals surface area contributed by atoms with Gasteiger partial charge < -0.3 is 15.5 Å². The zero-order valence-electron chi connectivity index (χ0n) is 10.1. The summed E-state index contributed by atoms with van der Waals surface area (Å²) in [5, 5.41) is 20.7. The molecule has 2 unspecified atom stereocenters. The van der Waals surface area contributed by atoms with Crippen LogP contribution in [0, 0.1) is 11.3 Å². The van der Waals surface area contributed by atoms with E-state index in [-0.39, 0.29) is 24.0 Å². The van der Waals surface area contributed by atoms with Gasteiger partial charge in [0.25, 0.3) is 0 Å². The highest BCUT2D eigenvalue weighted by Gasteiger charge is 2.35. The topological polar surface area (TPSA) is 69.6 Å². The van der Waals surface area contributed by atoms with Gasteiger partial charge >= 0.3 is 6.09 Å². The number of amides is 1. The van der Waals surface area contributed by atoms with Crippen molar-refractivity contribution >= 4 is 6.09 Å². The highest BCUT2D eigenvalue weighted by Crippen LogP contribution is 2.31. The smallest absolute Gasteiger partial charge is 0.404 e. The lowest BCUT2D eigenvalue weighted by molar-refractivity contribution is 0.0667. The first-order valence-electron chi connectivity index (χ1n) is 5.47. The molecule has 0 rings (SSSR count). The number of rotatable bonds is 6. The van der Waals surface area contributed by atoms with E-state index in [1.807, 2.05) is 27.7 Å². The molecule has 0 aliphatic rings. The molecule has 0 saturated carbocycles. The average molecular weight is 217 g/mol. The number of nitrogens with one attached hydrogen (secondary N) is 1. The highest BCUT2D eigenvalue weighted by atomic mass is 16.4. The third kappa shape index (κ3) is 4.08. The van der Waals surface area contributed by atoms with Crippen molar-refractivity contribution in [2.45, 2.75) is 46.6 Å². The molecule has 4 heteroatoms. The van der Waals surface area contributed by atoms with Gasteiger partial charge in [-0.2, -0.15) is 0 Å². The molecule has 1 amide bonds. The first kappa shape index (κ1) is 14.2. The normalized spacial score (nSPS) is 17.2. The van der Waals surface area contributed by atoms with Gasteiger partial charge in [0, 0.05) is 11.5 Å². The molecule has 2 atom stereocenters. The zero-order valence-corrected chi connectivity index (χ0v) is 10.1. The summed E-state index contributed by atoms with van der Waals surface area (Å²) in [6.45, 7) is 7.89. The maximum atomic E-state index is 10.7. The Bertz CT molecular complexity index is 206. The number of aliphatic hydroxyl groups excluding tert-OH is 1. The van der Waals surface area contributed by atoms with Crippen LogP contribution in [0.15, 0.2) is 0 Å². The Balaban J connectivity index is 4.75. The fourth-order valence-electron chi connectivity index (χ4n) is 2.18. The number of aliphatic hydroxyl groups is 1. The van der Waals surface area contributed by atoms with Gasteiger partial charge in [-0.3, -0.25) is 0 Å². The predicted octanol–water partition coefficient (Wildman–Crippen LogP) is 2.08. The van der Waals surface area contributed by atoms with Crippen LogP contribution in [0.5, 0.6) is 0 Å². The summed E-state index contributed by atoms with van der Waals surface area (Å²) in [4.78, 5) is 10.7. The van der Waals surface area contributed by atoms with E-state index >= 15 is 0 Å². The van der Waals surface area contributed by atoms with Crippen LogP contribution in [0.3, 0.4) is 0 Å². The van der Waals surface area contributed by atoms with Gasteiger partial charge in [-0.1, -0.05) is 34.1 Å². The van der Waals surface area contributed by atoms with Crippen molar-refractivity contribution < 1.29 is 15.0 Å². The largest absolute Gasteiger partial charge is 0.465 e. The molecule has 0 fully saturated rings. The van der Waals surface area contributed by atoms with E-state index in [1.54, 1.807) is 0 Å². The first-order valence-corrected chi connectivity index (χ1v) is 5.47. The van der Waals surface area contributed by atoms with Crippen molar-refractivity contribution in [3.63, 3.8) is 0 Å². The van der Waals surface area contributed by atoms with E-state index < -0.39 is 6.09 Å². The van der Waals surface area contributed by atoms with Gasteiger partial charge in [-0.25, -0.2) is 4.79 Å². The summed E-state index contributed by atoms with van der Waals surface area (Å²) in [5.41, 5.74) is -0.374. The lowest BCUT2D eigenvalue weighted by Gasteiger charge is -2.38. The van der Waals surface area contributed by atoms with Crippen LogP contribution >= 0.6 is 0 Å². The molecular formula is C11H23NO3. The molecular weight excluding hydrogens is 194 g/mol. The van der Waals surface area contributed by atoms with Crippen LogP contribution < -0.4 is 5.32 Å². The highest BCUT2D eigenvalue weighted by molar-refractivity contribution is 5.65. The fourth-order valence-corrected chi connectivity index (χ4v) is 2.18. The Kier molecular flexibility index (Phi) is 5.65. The summed E-state index contributed by atoms with van der Waals surface area (Å²) in [6, 6.07) is -0.208. The minimum absolute atomic E-state index is 0.00394. The Labute approximate surface area is 91.7 Å². The summed E-state index contributed by atoms with van der Waals surface area (Å²) in [5.74, 6) is 0.171. The summed E-state index contributed by atoms with van der Waals surface area (Å²) in [7, 11) is 0. The minimum atomic E-state index is -1.02. The second-order valence-corrected chi connectivity index (χ2v) is 4.73. The van der Waals surface area contributed by atoms with Crippen molar-refractivity contribution in [2.24, 2.45) is 11.3 Å². The van der Waals surface area contributed by atoms with Crippen LogP contribution in [0.2, 0.25) is 0 Å². The number of hydrogen-bond acceptors (Lipinski definition) is 2. The Morgan fingerprint density at radius 1 is 1.47 bits per heavy atom. The average Bonchev–Trinajstić information content (AvgIpc) is 2.13. The molecule has 0 saturated heterocycles. The Morgan fingerprint density at radius 2 is 2.00 bits per heavy atom. The van der Waals surface area contributed by atoms with Gasteiger partial charge in [0.05, 0.1) is 6.61 Å². The third-order valence-electron chi connectivity index (χ3n) is 2.88. The molecule has 0 aliphatic carbocycles. The third-order valence-corrected chi connectivity index (χ3v) is 2.88. The quantitative estimate of drug-likeness (QED) is 0.638. The summed E-state index contributed by atoms with van der Waals surface area (Å²) in [6.07, 6.45) is 0.721. The zero-order chi connectivity index (χ0) is 12.1. The Hall–Kier alpha value is -0.770. The van der Waals surface area contributed by atoms with E-state index in [0.29, 0.717) is 0 Å². The molecule has 0 aromatic rings. The SMILES string of the molecule is CCCC(C)(CO)C(NC(=O)O)C(C)C. The van der Waals surface area contributed by atoms with Gasteiger partial charge in [0.2, 0.25) is 0 Å². The van der Waals surface area contributed by atoms with Gasteiger partial charge in [0.1, 0.15) is 0 Å². The van der Waals surface area contributed by atoms with Crippen molar-refractivity contribution in [1.29, 1.82) is 0 Å². The summed E-state index contributed by atoms with van der Waals surface area (Å²) >= 11 is 0. The second-order valence-electron chi connectivity index (χ2n) is 4.73. The molecule has 0 spiro atoms. The lowest BCUT2D eigenvalue weighted by Crippen LogP contribution is -2.51. The molecule has 90 valence electrons. The van der Waals surface area contributed by atoms with E-state index in [0.717, 1.165) is 12.8 Å². The van der Waals surface area contributed by atoms with Crippen molar-refractivity contribution in [2.75, 3.05) is 6.61 Å². The maximum absolute atomic E-state index is 10.7. The fraction of sp³-hybridized carbons (Fsp3) is 0.909. The standard InChI is InChI=1S/C11H23NO3/c1-5-6-11(4,7-13)9(8(2)3)12-10(14)15/h8-9,12-13H,5-7H2,1-4H3,(H,14,15). The van der Waals surface area contributed by atoms with Crippen molar-refractivity contribution in [3.8, 4) is 0 Å². The van der Waals surface area contributed by atoms with E-state index in [2.05, 4.69) is 5.32 Å². The monoisotopic (exact) mass is 217 g/mol. The molecule has 0 aromatic heterocycles. The molecule has 0 heterocycles. The van der Waals surface area contributed by atoms with Gasteiger partial charge in [-0.15, -0.1) is 0 Å². The molecule has 15 heavy (non-hydrogen) atoms. The Morgan fingerprint density at radius 3 is 2.27 bits per heavy atom. The lowest BCUT2D eigenvalue weighted by atomic mass is 9.74. The predicted molar refractivity (Wildman–Crippen MR) is 59.9 cm³/mol. The molecule has 0 aromatic carbocycles. The second kappa shape index (κ2) is 5.95. The van der Waals surface area contributed by atoms with Crippen LogP contribution in [0.25, 0.3) is 0 Å². The van der Waals surface area contributed by atoms with E-state index in [4.69, 9.17) is 5.11 Å². The van der Waals surface area contributed by atoms with Crippen molar-refractivity contribution in [1.82, 2.24) is 5.32 Å². The minimum Gasteiger partial charge on any atom is -0.465 e. The van der Waals surface area contributed by atoms with Crippen LogP contribution in [0.4, 0.5) is 4.79 Å².